The van der Waals surface area contributed by atoms with Crippen LogP contribution in [0.25, 0.3) is 0 Å². The van der Waals surface area contributed by atoms with Crippen LogP contribution in [0.15, 0.2) is 0 Å². The molecule has 1 unspecified atom stereocenters. The fourth-order valence-corrected chi connectivity index (χ4v) is 1.15. The summed E-state index contributed by atoms with van der Waals surface area (Å²) >= 11 is 0. The van der Waals surface area contributed by atoms with Gasteiger partial charge in [0.25, 0.3) is 0 Å². The van der Waals surface area contributed by atoms with Gasteiger partial charge < -0.3 is 5.32 Å². The molecule has 1 atom stereocenters. The quantitative estimate of drug-likeness (QED) is 0.581. The third-order valence-corrected chi connectivity index (χ3v) is 1.66. The van der Waals surface area contributed by atoms with Gasteiger partial charge in [0, 0.05) is 18.9 Å². The molecule has 0 aromatic heterocycles. The Kier molecular flexibility index (Phi) is 4.65. The van der Waals surface area contributed by atoms with Crippen molar-refractivity contribution >= 4 is 18.2 Å². The molecular weight excluding hydrogens is 150 g/mol. The van der Waals surface area contributed by atoms with Gasteiger partial charge in [0.15, 0.2) is 0 Å². The van der Waals surface area contributed by atoms with Gasteiger partial charge in [0.2, 0.25) is 0 Å². The van der Waals surface area contributed by atoms with E-state index < -0.39 is 0 Å². The van der Waals surface area contributed by atoms with Crippen molar-refractivity contribution in [3.63, 3.8) is 0 Å². The van der Waals surface area contributed by atoms with Crippen molar-refractivity contribution in [2.75, 3.05) is 6.54 Å². The largest absolute Gasteiger partial charge is 0.314 e. The molecule has 1 N–H and O–H groups in total. The van der Waals surface area contributed by atoms with Crippen molar-refractivity contribution in [3.05, 3.63) is 0 Å². The smallest absolute Gasteiger partial charge is 0.134 e. The first-order chi connectivity index (χ1) is 4.29. The van der Waals surface area contributed by atoms with Crippen molar-refractivity contribution in [2.45, 2.75) is 32.2 Å². The summed E-state index contributed by atoms with van der Waals surface area (Å²) in [4.78, 5) is 10.9. The van der Waals surface area contributed by atoms with Crippen molar-refractivity contribution in [1.29, 1.82) is 0 Å². The topological polar surface area (TPSA) is 29.1 Å². The van der Waals surface area contributed by atoms with Crippen LogP contribution in [0.5, 0.6) is 0 Å². The van der Waals surface area contributed by atoms with E-state index >= 15 is 0 Å². The maximum absolute atomic E-state index is 10.9. The highest BCUT2D eigenvalue weighted by Gasteiger charge is 2.11. The van der Waals surface area contributed by atoms with Gasteiger partial charge in [-0.2, -0.15) is 0 Å². The lowest BCUT2D eigenvalue weighted by molar-refractivity contribution is -0.119. The van der Waals surface area contributed by atoms with E-state index in [0.29, 0.717) is 11.8 Å². The second-order valence-corrected chi connectivity index (χ2v) is 2.70. The van der Waals surface area contributed by atoms with Gasteiger partial charge in [-0.1, -0.05) is 0 Å². The summed E-state index contributed by atoms with van der Waals surface area (Å²) in [5.74, 6) is 0.410. The summed E-state index contributed by atoms with van der Waals surface area (Å²) in [6.45, 7) is 3.07. The maximum atomic E-state index is 10.9. The van der Waals surface area contributed by atoms with Crippen LogP contribution >= 0.6 is 12.4 Å². The summed E-state index contributed by atoms with van der Waals surface area (Å²) in [7, 11) is 0. The Labute approximate surface area is 67.8 Å². The van der Waals surface area contributed by atoms with E-state index in [1.807, 2.05) is 0 Å². The van der Waals surface area contributed by atoms with Crippen LogP contribution in [0.3, 0.4) is 0 Å². The van der Waals surface area contributed by atoms with Crippen LogP contribution in [0.2, 0.25) is 0 Å². The zero-order chi connectivity index (χ0) is 6.69. The molecule has 0 aromatic carbocycles. The minimum absolute atomic E-state index is 0. The van der Waals surface area contributed by atoms with Crippen molar-refractivity contribution in [2.24, 2.45) is 0 Å². The van der Waals surface area contributed by atoms with Crippen LogP contribution in [-0.4, -0.2) is 18.4 Å². The Bertz CT molecular complexity index is 116. The lowest BCUT2D eigenvalue weighted by Crippen LogP contribution is -2.25. The fraction of sp³-hybridized carbons (Fsp3) is 0.857. The van der Waals surface area contributed by atoms with Crippen LogP contribution in [0.4, 0.5) is 0 Å². The molecule has 1 saturated heterocycles. The summed E-state index contributed by atoms with van der Waals surface area (Å²) in [6, 6.07) is 0.403. The Balaban J connectivity index is 0.000000810. The Morgan fingerprint density at radius 3 is 3.00 bits per heavy atom. The number of carbonyl (C=O) groups is 1. The minimum atomic E-state index is 0. The molecule has 1 aliphatic rings. The minimum Gasteiger partial charge on any atom is -0.314 e. The van der Waals surface area contributed by atoms with Crippen molar-refractivity contribution in [3.8, 4) is 0 Å². The third-order valence-electron chi connectivity index (χ3n) is 1.66. The van der Waals surface area contributed by atoms with Crippen LogP contribution in [0.1, 0.15) is 26.2 Å². The summed E-state index contributed by atoms with van der Waals surface area (Å²) in [6.07, 6.45) is 2.51. The van der Waals surface area contributed by atoms with E-state index in [1.165, 1.54) is 0 Å². The standard InChI is InChI=1S/C7H13NO.ClH/c1-6-5-7(9)3-2-4-8-6;/h6,8H,2-5H2,1H3;1H. The molecule has 0 radical (unpaired) electrons. The molecule has 0 spiro atoms. The summed E-state index contributed by atoms with van der Waals surface area (Å²) < 4.78 is 0. The number of hydrogen-bond acceptors (Lipinski definition) is 2. The zero-order valence-electron chi connectivity index (χ0n) is 6.22. The third kappa shape index (κ3) is 3.18. The van der Waals surface area contributed by atoms with E-state index in [-0.39, 0.29) is 12.4 Å². The molecule has 0 bridgehead atoms. The van der Waals surface area contributed by atoms with E-state index in [0.717, 1.165) is 25.8 Å². The summed E-state index contributed by atoms with van der Waals surface area (Å²) in [5, 5.41) is 3.25. The molecule has 2 nitrogen and oxygen atoms in total. The first kappa shape index (κ1) is 9.92. The summed E-state index contributed by atoms with van der Waals surface area (Å²) in [5.41, 5.74) is 0. The Morgan fingerprint density at radius 1 is 1.60 bits per heavy atom. The van der Waals surface area contributed by atoms with Gasteiger partial charge in [0.1, 0.15) is 5.78 Å². The molecule has 1 heterocycles. The van der Waals surface area contributed by atoms with Gasteiger partial charge in [-0.05, 0) is 19.9 Å². The second kappa shape index (κ2) is 4.69. The number of ketones is 1. The number of hydrogen-bond donors (Lipinski definition) is 1. The predicted octanol–water partition coefficient (Wildman–Crippen LogP) is 1.14. The van der Waals surface area contributed by atoms with Crippen molar-refractivity contribution < 1.29 is 4.79 Å². The van der Waals surface area contributed by atoms with E-state index in [9.17, 15) is 4.79 Å². The number of nitrogens with one attached hydrogen (secondary N) is 1. The van der Waals surface area contributed by atoms with E-state index in [1.54, 1.807) is 0 Å². The first-order valence-corrected chi connectivity index (χ1v) is 3.54. The van der Waals surface area contributed by atoms with Gasteiger partial charge in [-0.25, -0.2) is 0 Å². The molecule has 10 heavy (non-hydrogen) atoms. The normalized spacial score (nSPS) is 26.9. The highest BCUT2D eigenvalue weighted by molar-refractivity contribution is 5.85. The molecule has 3 heteroatoms. The molecule has 60 valence electrons. The SMILES string of the molecule is CC1CC(=O)CCCN1.Cl. The highest BCUT2D eigenvalue weighted by Crippen LogP contribution is 2.03. The molecule has 1 aliphatic heterocycles. The van der Waals surface area contributed by atoms with Gasteiger partial charge in [-0.3, -0.25) is 4.79 Å². The highest BCUT2D eigenvalue weighted by atomic mass is 35.5. The zero-order valence-corrected chi connectivity index (χ0v) is 7.04. The van der Waals surface area contributed by atoms with Crippen LogP contribution in [0, 0.1) is 0 Å². The van der Waals surface area contributed by atoms with Gasteiger partial charge in [-0.15, -0.1) is 12.4 Å². The lowest BCUT2D eigenvalue weighted by atomic mass is 10.1. The molecule has 1 fully saturated rings. The van der Waals surface area contributed by atoms with E-state index in [2.05, 4.69) is 12.2 Å². The number of rotatable bonds is 0. The number of Topliss-reactive ketones (excluding diaryl/α,β-unsaturated/α-hetero) is 1. The van der Waals surface area contributed by atoms with Crippen LogP contribution in [-0.2, 0) is 4.79 Å². The average Bonchev–Trinajstić information content (AvgIpc) is 1.93. The number of carbonyl (C=O) groups excluding carboxylic acids is 1. The first-order valence-electron chi connectivity index (χ1n) is 3.54. The second-order valence-electron chi connectivity index (χ2n) is 2.70. The van der Waals surface area contributed by atoms with Crippen LogP contribution < -0.4 is 5.32 Å². The fourth-order valence-electron chi connectivity index (χ4n) is 1.15. The Morgan fingerprint density at radius 2 is 2.30 bits per heavy atom. The monoisotopic (exact) mass is 163 g/mol. The number of halogens is 1. The lowest BCUT2D eigenvalue weighted by Gasteiger charge is -2.05. The molecule has 0 saturated carbocycles. The van der Waals surface area contributed by atoms with Gasteiger partial charge in [0.05, 0.1) is 0 Å². The maximum Gasteiger partial charge on any atom is 0.134 e. The molecule has 0 amide bonds. The Hall–Kier alpha value is -0.0800. The van der Waals surface area contributed by atoms with Crippen molar-refractivity contribution in [1.82, 2.24) is 5.32 Å². The average molecular weight is 164 g/mol. The van der Waals surface area contributed by atoms with E-state index in [4.69, 9.17) is 0 Å². The predicted molar refractivity (Wildman–Crippen MR) is 43.6 cm³/mol. The molecule has 0 aromatic rings. The van der Waals surface area contributed by atoms with Gasteiger partial charge >= 0.3 is 0 Å². The molecular formula is C7H14ClNO. The molecule has 1 rings (SSSR count). The molecule has 0 aliphatic carbocycles.